The average molecular weight is 428 g/mol. The van der Waals surface area contributed by atoms with Crippen molar-refractivity contribution in [2.24, 2.45) is 5.73 Å². The molecule has 1 aliphatic rings. The van der Waals surface area contributed by atoms with Gasteiger partial charge in [0.2, 0.25) is 0 Å². The summed E-state index contributed by atoms with van der Waals surface area (Å²) in [4.78, 5) is 10.6. The van der Waals surface area contributed by atoms with E-state index in [0.29, 0.717) is 0 Å². The van der Waals surface area contributed by atoms with Crippen LogP contribution in [0.1, 0.15) is 37.1 Å². The van der Waals surface area contributed by atoms with E-state index in [-0.39, 0.29) is 22.2 Å². The summed E-state index contributed by atoms with van der Waals surface area (Å²) in [5.74, 6) is 0. The third kappa shape index (κ3) is 2.97. The first-order chi connectivity index (χ1) is 12.8. The molecule has 2 N–H and O–H groups in total. The van der Waals surface area contributed by atoms with Crippen molar-refractivity contribution in [1.82, 2.24) is 4.57 Å². The summed E-state index contributed by atoms with van der Waals surface area (Å²) in [5, 5.41) is 12.3. The fourth-order valence-corrected chi connectivity index (χ4v) is 4.67. The van der Waals surface area contributed by atoms with Crippen molar-refractivity contribution < 1.29 is 4.92 Å². The summed E-state index contributed by atoms with van der Waals surface area (Å²) in [7, 11) is 0. The van der Waals surface area contributed by atoms with Crippen LogP contribution >= 0.6 is 15.9 Å². The van der Waals surface area contributed by atoms with Crippen molar-refractivity contribution in [3.8, 4) is 0 Å². The van der Waals surface area contributed by atoms with Crippen LogP contribution < -0.4 is 5.73 Å². The third-order valence-corrected chi connectivity index (χ3v) is 6.20. The molecular formula is C21H22BrN3O2. The quantitative estimate of drug-likeness (QED) is 0.476. The molecule has 1 aromatic heterocycles. The Hall–Kier alpha value is -2.18. The lowest BCUT2D eigenvalue weighted by Crippen LogP contribution is -2.34. The number of non-ortho nitro benzene ring substituents is 1. The number of nitrogens with zero attached hydrogens (tertiary/aromatic N) is 2. The average Bonchev–Trinajstić information content (AvgIpc) is 2.95. The molecule has 140 valence electrons. The van der Waals surface area contributed by atoms with E-state index in [1.807, 2.05) is 12.1 Å². The molecule has 0 spiro atoms. The maximum absolute atomic E-state index is 11.0. The van der Waals surface area contributed by atoms with Crippen molar-refractivity contribution in [3.63, 3.8) is 0 Å². The van der Waals surface area contributed by atoms with Crippen LogP contribution in [0.3, 0.4) is 0 Å². The number of fused-ring (bicyclic) bond motifs is 3. The fourth-order valence-electron chi connectivity index (χ4n) is 4.31. The van der Waals surface area contributed by atoms with E-state index >= 15 is 0 Å². The van der Waals surface area contributed by atoms with Crippen LogP contribution in [0.5, 0.6) is 0 Å². The zero-order valence-electron chi connectivity index (χ0n) is 15.4. The highest BCUT2D eigenvalue weighted by Gasteiger charge is 2.32. The molecule has 0 amide bonds. The molecule has 5 nitrogen and oxygen atoms in total. The highest BCUT2D eigenvalue weighted by molar-refractivity contribution is 9.10. The van der Waals surface area contributed by atoms with Crippen LogP contribution in [0.25, 0.3) is 10.9 Å². The highest BCUT2D eigenvalue weighted by Crippen LogP contribution is 2.40. The van der Waals surface area contributed by atoms with E-state index in [4.69, 9.17) is 5.73 Å². The van der Waals surface area contributed by atoms with Crippen LogP contribution in [0, 0.1) is 10.1 Å². The van der Waals surface area contributed by atoms with Gasteiger partial charge in [-0.25, -0.2) is 0 Å². The Balaban J connectivity index is 1.94. The van der Waals surface area contributed by atoms with Gasteiger partial charge in [-0.1, -0.05) is 15.9 Å². The van der Waals surface area contributed by atoms with Crippen molar-refractivity contribution >= 4 is 32.5 Å². The first kappa shape index (κ1) is 18.2. The lowest BCUT2D eigenvalue weighted by molar-refractivity contribution is -0.384. The Morgan fingerprint density at radius 2 is 1.93 bits per heavy atom. The minimum absolute atomic E-state index is 0.111. The van der Waals surface area contributed by atoms with E-state index in [2.05, 4.69) is 52.5 Å². The molecule has 3 aromatic rings. The van der Waals surface area contributed by atoms with E-state index in [0.717, 1.165) is 29.3 Å². The lowest BCUT2D eigenvalue weighted by Gasteiger charge is -2.33. The number of benzene rings is 2. The zero-order chi connectivity index (χ0) is 19.3. The Kier molecular flexibility index (Phi) is 4.35. The smallest absolute Gasteiger partial charge is 0.269 e. The molecule has 27 heavy (non-hydrogen) atoms. The summed E-state index contributed by atoms with van der Waals surface area (Å²) >= 11 is 3.60. The van der Waals surface area contributed by atoms with E-state index < -0.39 is 0 Å². The predicted octanol–water partition coefficient (Wildman–Crippen LogP) is 4.91. The molecule has 6 heteroatoms. The van der Waals surface area contributed by atoms with Crippen LogP contribution in [0.4, 0.5) is 5.69 Å². The first-order valence-electron chi connectivity index (χ1n) is 9.11. The molecule has 0 bridgehead atoms. The van der Waals surface area contributed by atoms with Crippen molar-refractivity contribution in [1.29, 1.82) is 0 Å². The molecule has 4 rings (SSSR count). The summed E-state index contributed by atoms with van der Waals surface area (Å²) in [6.07, 6.45) is 2.82. The molecule has 0 unspecified atom stereocenters. The second-order valence-electron chi connectivity index (χ2n) is 7.79. The number of nitrogens with two attached hydrogens (primary N) is 1. The Morgan fingerprint density at radius 1 is 1.22 bits per heavy atom. The molecule has 1 aliphatic carbocycles. The largest absolute Gasteiger partial charge is 0.335 e. The van der Waals surface area contributed by atoms with E-state index in [1.54, 1.807) is 12.1 Å². The van der Waals surface area contributed by atoms with Gasteiger partial charge >= 0.3 is 0 Å². The van der Waals surface area contributed by atoms with Gasteiger partial charge in [-0.05, 0) is 68.1 Å². The van der Waals surface area contributed by atoms with Gasteiger partial charge in [-0.2, -0.15) is 0 Å². The molecular weight excluding hydrogens is 406 g/mol. The fraction of sp³-hybridized carbons (Fsp3) is 0.333. The number of nitro groups is 1. The predicted molar refractivity (Wildman–Crippen MR) is 111 cm³/mol. The van der Waals surface area contributed by atoms with Crippen LogP contribution in [-0.2, 0) is 18.4 Å². The van der Waals surface area contributed by atoms with Crippen LogP contribution in [-0.4, -0.2) is 15.5 Å². The van der Waals surface area contributed by atoms with Crippen molar-refractivity contribution in [3.05, 3.63) is 73.9 Å². The second-order valence-corrected chi connectivity index (χ2v) is 8.70. The second kappa shape index (κ2) is 6.46. The molecule has 1 atom stereocenters. The normalized spacial score (nSPS) is 17.1. The SMILES string of the molecule is CC(C)(c1ccc([N+](=O)[O-])cc1)n1c2c(c3cc(Br)ccc31)CC[C@@H](N)C2. The van der Waals surface area contributed by atoms with Gasteiger partial charge in [-0.3, -0.25) is 10.1 Å². The van der Waals surface area contributed by atoms with Gasteiger partial charge in [0.05, 0.1) is 10.5 Å². The van der Waals surface area contributed by atoms with Gasteiger partial charge < -0.3 is 10.3 Å². The molecule has 0 radical (unpaired) electrons. The zero-order valence-corrected chi connectivity index (χ0v) is 17.0. The minimum Gasteiger partial charge on any atom is -0.335 e. The molecule has 1 heterocycles. The van der Waals surface area contributed by atoms with E-state index in [9.17, 15) is 10.1 Å². The van der Waals surface area contributed by atoms with Crippen LogP contribution in [0.15, 0.2) is 46.9 Å². The molecule has 2 aromatic carbocycles. The molecule has 0 fully saturated rings. The minimum atomic E-state index is -0.361. The summed E-state index contributed by atoms with van der Waals surface area (Å²) < 4.78 is 3.45. The standard InChI is InChI=1S/C21H22BrN3O2/c1-21(2,13-3-7-16(8-4-13)25(26)27)24-19-10-5-14(22)11-18(19)17-9-6-15(23)12-20(17)24/h3-5,7-8,10-11,15H,6,9,12,23H2,1-2H3/t15-/m1/s1. The van der Waals surface area contributed by atoms with E-state index in [1.165, 1.54) is 22.2 Å². The van der Waals surface area contributed by atoms with Crippen molar-refractivity contribution in [2.75, 3.05) is 0 Å². The van der Waals surface area contributed by atoms with Gasteiger partial charge in [0.25, 0.3) is 5.69 Å². The topological polar surface area (TPSA) is 74.1 Å². The van der Waals surface area contributed by atoms with Crippen LogP contribution in [0.2, 0.25) is 0 Å². The summed E-state index contributed by atoms with van der Waals surface area (Å²) in [6.45, 7) is 4.33. The Labute approximate surface area is 166 Å². The first-order valence-corrected chi connectivity index (χ1v) is 9.91. The number of hydrogen-bond acceptors (Lipinski definition) is 3. The number of hydrogen-bond donors (Lipinski definition) is 1. The molecule has 0 aliphatic heterocycles. The monoisotopic (exact) mass is 427 g/mol. The molecule has 0 saturated carbocycles. The number of rotatable bonds is 3. The number of nitro benzene ring substituents is 1. The number of aryl methyl sites for hydroxylation is 1. The summed E-state index contributed by atoms with van der Waals surface area (Å²) in [6, 6.07) is 13.4. The van der Waals surface area contributed by atoms with Gasteiger partial charge in [0.15, 0.2) is 0 Å². The molecule has 0 saturated heterocycles. The highest BCUT2D eigenvalue weighted by atomic mass is 79.9. The lowest BCUT2D eigenvalue weighted by atomic mass is 9.90. The Bertz CT molecular complexity index is 1040. The van der Waals surface area contributed by atoms with Gasteiger partial charge in [-0.15, -0.1) is 0 Å². The maximum atomic E-state index is 11.0. The van der Waals surface area contributed by atoms with Crippen molar-refractivity contribution in [2.45, 2.75) is 44.7 Å². The summed E-state index contributed by atoms with van der Waals surface area (Å²) in [5.41, 5.74) is 10.9. The van der Waals surface area contributed by atoms with Gasteiger partial charge in [0.1, 0.15) is 0 Å². The number of aromatic nitrogens is 1. The Morgan fingerprint density at radius 3 is 2.59 bits per heavy atom. The van der Waals surface area contributed by atoms with Gasteiger partial charge in [0, 0.05) is 45.7 Å². The third-order valence-electron chi connectivity index (χ3n) is 5.71. The maximum Gasteiger partial charge on any atom is 0.269 e. The number of halogens is 1.